The zero-order valence-corrected chi connectivity index (χ0v) is 5.21. The highest BCUT2D eigenvalue weighted by Crippen LogP contribution is 2.05. The Morgan fingerprint density at radius 2 is 2.44 bits per heavy atom. The molecular formula is C7H8FN. The predicted molar refractivity (Wildman–Crippen MR) is 36.0 cm³/mol. The fourth-order valence-corrected chi connectivity index (χ4v) is 0.592. The lowest BCUT2D eigenvalue weighted by Crippen LogP contribution is -1.87. The molecule has 0 fully saturated rings. The van der Waals surface area contributed by atoms with Crippen LogP contribution >= 0.6 is 0 Å². The first-order valence-electron chi connectivity index (χ1n) is 2.87. The van der Waals surface area contributed by atoms with Gasteiger partial charge in [0.15, 0.2) is 0 Å². The quantitative estimate of drug-likeness (QED) is 0.439. The highest BCUT2D eigenvalue weighted by molar-refractivity contribution is 5.64. The Morgan fingerprint density at radius 1 is 1.67 bits per heavy atom. The van der Waals surface area contributed by atoms with E-state index in [-0.39, 0.29) is 5.92 Å². The molecule has 0 bridgehead atoms. The average Bonchev–Trinajstić information content (AvgIpc) is 1.97. The van der Waals surface area contributed by atoms with Crippen LogP contribution in [0.1, 0.15) is 6.92 Å². The zero-order valence-electron chi connectivity index (χ0n) is 5.21. The van der Waals surface area contributed by atoms with Crippen LogP contribution in [-0.4, -0.2) is 6.21 Å². The van der Waals surface area contributed by atoms with Crippen LogP contribution in [0, 0.1) is 5.92 Å². The van der Waals surface area contributed by atoms with Crippen molar-refractivity contribution in [1.29, 1.82) is 0 Å². The lowest BCUT2D eigenvalue weighted by Gasteiger charge is -1.89. The van der Waals surface area contributed by atoms with Crippen LogP contribution < -0.4 is 0 Å². The molecule has 0 aromatic rings. The maximum absolute atomic E-state index is 12.2. The van der Waals surface area contributed by atoms with Gasteiger partial charge in [0.25, 0.3) is 0 Å². The Hall–Kier alpha value is -0.920. The van der Waals surface area contributed by atoms with E-state index in [2.05, 4.69) is 4.99 Å². The van der Waals surface area contributed by atoms with E-state index in [9.17, 15) is 4.39 Å². The minimum Gasteiger partial charge on any atom is -0.232 e. The van der Waals surface area contributed by atoms with Crippen LogP contribution in [0.25, 0.3) is 0 Å². The number of hydrogen-bond donors (Lipinski definition) is 0. The number of hydrogen-bond acceptors (Lipinski definition) is 1. The van der Waals surface area contributed by atoms with Gasteiger partial charge in [-0.05, 0) is 6.08 Å². The fraction of sp³-hybridized carbons (Fsp3) is 0.286. The van der Waals surface area contributed by atoms with E-state index < -0.39 is 5.95 Å². The van der Waals surface area contributed by atoms with E-state index in [1.807, 2.05) is 13.0 Å². The van der Waals surface area contributed by atoms with Crippen LogP contribution in [0.15, 0.2) is 29.2 Å². The van der Waals surface area contributed by atoms with Crippen molar-refractivity contribution in [2.45, 2.75) is 6.92 Å². The number of aliphatic imine (C=N–C) groups is 1. The van der Waals surface area contributed by atoms with Crippen LogP contribution in [0.4, 0.5) is 4.39 Å². The normalized spacial score (nSPS) is 25.6. The minimum absolute atomic E-state index is 0.245. The Morgan fingerprint density at radius 3 is 3.22 bits per heavy atom. The van der Waals surface area contributed by atoms with Gasteiger partial charge in [-0.25, -0.2) is 4.99 Å². The molecule has 9 heavy (non-hydrogen) atoms. The van der Waals surface area contributed by atoms with Gasteiger partial charge in [-0.3, -0.25) is 0 Å². The van der Waals surface area contributed by atoms with Gasteiger partial charge in [0.05, 0.1) is 0 Å². The number of halogens is 1. The molecule has 1 nitrogen and oxygen atoms in total. The molecule has 0 N–H and O–H groups in total. The topological polar surface area (TPSA) is 12.4 Å². The molecule has 1 atom stereocenters. The molecule has 0 aromatic carbocycles. The summed E-state index contributed by atoms with van der Waals surface area (Å²) < 4.78 is 12.2. The molecule has 1 rings (SSSR count). The molecule has 48 valence electrons. The van der Waals surface area contributed by atoms with Gasteiger partial charge in [0, 0.05) is 12.1 Å². The van der Waals surface area contributed by atoms with Crippen molar-refractivity contribution >= 4 is 6.21 Å². The van der Waals surface area contributed by atoms with Gasteiger partial charge in [-0.1, -0.05) is 19.1 Å². The third-order valence-electron chi connectivity index (χ3n) is 1.08. The molecule has 0 amide bonds. The van der Waals surface area contributed by atoms with Gasteiger partial charge in [0.1, 0.15) is 0 Å². The second-order valence-electron chi connectivity index (χ2n) is 2.01. The monoisotopic (exact) mass is 125 g/mol. The molecular weight excluding hydrogens is 117 g/mol. The Kier molecular flexibility index (Phi) is 1.78. The van der Waals surface area contributed by atoms with Crippen LogP contribution in [0.5, 0.6) is 0 Å². The summed E-state index contributed by atoms with van der Waals surface area (Å²) in [7, 11) is 0. The first-order valence-corrected chi connectivity index (χ1v) is 2.87. The third-order valence-corrected chi connectivity index (χ3v) is 1.08. The first kappa shape index (κ1) is 6.20. The first-order chi connectivity index (χ1) is 4.29. The molecule has 0 saturated carbocycles. The molecule has 1 aliphatic heterocycles. The zero-order chi connectivity index (χ0) is 6.69. The minimum atomic E-state index is -0.421. The molecule has 0 aromatic heterocycles. The smallest absolute Gasteiger partial charge is 0.212 e. The van der Waals surface area contributed by atoms with Gasteiger partial charge < -0.3 is 0 Å². The highest BCUT2D eigenvalue weighted by Gasteiger charge is 1.94. The Balaban J connectivity index is 2.75. The van der Waals surface area contributed by atoms with E-state index in [0.717, 1.165) is 0 Å². The second-order valence-corrected chi connectivity index (χ2v) is 2.01. The van der Waals surface area contributed by atoms with Crippen LogP contribution in [-0.2, 0) is 0 Å². The summed E-state index contributed by atoms with van der Waals surface area (Å²) in [5, 5.41) is 0. The number of rotatable bonds is 0. The third kappa shape index (κ3) is 1.80. The fourth-order valence-electron chi connectivity index (χ4n) is 0.592. The molecule has 1 aliphatic rings. The van der Waals surface area contributed by atoms with Crippen molar-refractivity contribution in [3.8, 4) is 0 Å². The van der Waals surface area contributed by atoms with Crippen molar-refractivity contribution in [1.82, 2.24) is 0 Å². The summed E-state index contributed by atoms with van der Waals surface area (Å²) in [5.41, 5.74) is 0. The van der Waals surface area contributed by atoms with Crippen molar-refractivity contribution < 1.29 is 4.39 Å². The van der Waals surface area contributed by atoms with Gasteiger partial charge in [0.2, 0.25) is 5.95 Å². The van der Waals surface area contributed by atoms with E-state index in [4.69, 9.17) is 0 Å². The molecule has 2 heteroatoms. The van der Waals surface area contributed by atoms with Crippen molar-refractivity contribution in [3.63, 3.8) is 0 Å². The molecule has 0 spiro atoms. The second kappa shape index (κ2) is 2.58. The summed E-state index contributed by atoms with van der Waals surface area (Å²) in [6.07, 6.45) is 6.48. The summed E-state index contributed by atoms with van der Waals surface area (Å²) in [6, 6.07) is 0. The van der Waals surface area contributed by atoms with E-state index in [1.165, 1.54) is 6.08 Å². The SMILES string of the molecule is CC1C=CC=C(F)N=C1. The Labute approximate surface area is 53.6 Å². The maximum Gasteiger partial charge on any atom is 0.212 e. The Bertz CT molecular complexity index is 179. The standard InChI is InChI=1S/C7H8FN/c1-6-3-2-4-7(8)9-5-6/h2-6H,1H3. The number of nitrogens with zero attached hydrogens (tertiary/aromatic N) is 1. The summed E-state index contributed by atoms with van der Waals surface area (Å²) in [6.45, 7) is 1.95. The van der Waals surface area contributed by atoms with E-state index >= 15 is 0 Å². The summed E-state index contributed by atoms with van der Waals surface area (Å²) >= 11 is 0. The highest BCUT2D eigenvalue weighted by atomic mass is 19.1. The largest absolute Gasteiger partial charge is 0.232 e. The maximum atomic E-state index is 12.2. The average molecular weight is 125 g/mol. The lowest BCUT2D eigenvalue weighted by molar-refractivity contribution is 0.629. The molecule has 0 radical (unpaired) electrons. The van der Waals surface area contributed by atoms with Crippen molar-refractivity contribution in [3.05, 3.63) is 24.2 Å². The summed E-state index contributed by atoms with van der Waals surface area (Å²) in [4.78, 5) is 3.51. The van der Waals surface area contributed by atoms with Crippen molar-refractivity contribution in [2.75, 3.05) is 0 Å². The number of allylic oxidation sites excluding steroid dienone is 3. The van der Waals surface area contributed by atoms with Gasteiger partial charge >= 0.3 is 0 Å². The molecule has 1 heterocycles. The molecule has 0 aliphatic carbocycles. The predicted octanol–water partition coefficient (Wildman–Crippen LogP) is 2.07. The van der Waals surface area contributed by atoms with Crippen LogP contribution in [0.2, 0.25) is 0 Å². The summed E-state index contributed by atoms with van der Waals surface area (Å²) in [5.74, 6) is -0.176. The molecule has 0 saturated heterocycles. The van der Waals surface area contributed by atoms with Crippen molar-refractivity contribution in [2.24, 2.45) is 10.9 Å². The lowest BCUT2D eigenvalue weighted by atomic mass is 10.2. The molecule has 1 unspecified atom stereocenters. The van der Waals surface area contributed by atoms with Crippen LogP contribution in [0.3, 0.4) is 0 Å². The van der Waals surface area contributed by atoms with Gasteiger partial charge in [-0.2, -0.15) is 4.39 Å². The van der Waals surface area contributed by atoms with Gasteiger partial charge in [-0.15, -0.1) is 0 Å². The van der Waals surface area contributed by atoms with E-state index in [0.29, 0.717) is 0 Å². The van der Waals surface area contributed by atoms with E-state index in [1.54, 1.807) is 12.3 Å².